The fourth-order valence-corrected chi connectivity index (χ4v) is 3.09. The lowest BCUT2D eigenvalue weighted by Crippen LogP contribution is -2.03. The Morgan fingerprint density at radius 3 is 2.62 bits per heavy atom. The first-order valence-electron chi connectivity index (χ1n) is 7.33. The van der Waals surface area contributed by atoms with E-state index in [2.05, 4.69) is 10.2 Å². The van der Waals surface area contributed by atoms with Crippen LogP contribution in [0.1, 0.15) is 0 Å². The van der Waals surface area contributed by atoms with Gasteiger partial charge in [-0.25, -0.2) is 0 Å². The van der Waals surface area contributed by atoms with Crippen LogP contribution in [0.2, 0.25) is 5.02 Å². The third kappa shape index (κ3) is 3.83. The Kier molecular flexibility index (Phi) is 5.61. The van der Waals surface area contributed by atoms with E-state index in [1.165, 1.54) is 0 Å². The molecule has 0 bridgehead atoms. The van der Waals surface area contributed by atoms with E-state index in [0.717, 1.165) is 22.3 Å². The quantitative estimate of drug-likeness (QED) is 0.468. The van der Waals surface area contributed by atoms with Gasteiger partial charge in [-0.2, -0.15) is 0 Å². The molecule has 0 atom stereocenters. The summed E-state index contributed by atoms with van der Waals surface area (Å²) in [4.78, 5) is 0. The van der Waals surface area contributed by atoms with Crippen molar-refractivity contribution >= 4 is 23.4 Å². The topological polar surface area (TPSA) is 49.2 Å². The number of nitrogens with zero attached hydrogens (tertiary/aromatic N) is 3. The maximum atomic E-state index is 6.07. The molecule has 124 valence electrons. The number of para-hydroxylation sites is 3. The molecule has 3 rings (SSSR count). The summed E-state index contributed by atoms with van der Waals surface area (Å²) in [5.41, 5.74) is 0.902. The molecular formula is C17H16ClN3O2S. The highest BCUT2D eigenvalue weighted by atomic mass is 35.5. The van der Waals surface area contributed by atoms with Crippen LogP contribution in [0.3, 0.4) is 0 Å². The van der Waals surface area contributed by atoms with E-state index in [1.54, 1.807) is 25.2 Å². The zero-order chi connectivity index (χ0) is 16.8. The summed E-state index contributed by atoms with van der Waals surface area (Å²) in [6.07, 6.45) is 1.68. The summed E-state index contributed by atoms with van der Waals surface area (Å²) in [6.45, 7) is 0.521. The molecule has 0 N–H and O–H groups in total. The Hall–Kier alpha value is -2.18. The number of hydrogen-bond acceptors (Lipinski definition) is 5. The first-order valence-corrected chi connectivity index (χ1v) is 8.69. The van der Waals surface area contributed by atoms with Gasteiger partial charge in [0.2, 0.25) is 0 Å². The van der Waals surface area contributed by atoms with Gasteiger partial charge in [-0.05, 0) is 24.3 Å². The average Bonchev–Trinajstić information content (AvgIpc) is 3.08. The first kappa shape index (κ1) is 16.7. The minimum atomic E-state index is 0.521. The largest absolute Gasteiger partial charge is 0.495 e. The van der Waals surface area contributed by atoms with Crippen LogP contribution in [0, 0.1) is 0 Å². The summed E-state index contributed by atoms with van der Waals surface area (Å²) < 4.78 is 13.0. The van der Waals surface area contributed by atoms with Crippen molar-refractivity contribution in [1.29, 1.82) is 0 Å². The van der Waals surface area contributed by atoms with Crippen molar-refractivity contribution in [2.24, 2.45) is 0 Å². The molecule has 7 heteroatoms. The molecule has 0 aliphatic rings. The zero-order valence-electron chi connectivity index (χ0n) is 13.1. The first-order chi connectivity index (χ1) is 11.8. The van der Waals surface area contributed by atoms with E-state index in [0.29, 0.717) is 17.4 Å². The van der Waals surface area contributed by atoms with Crippen LogP contribution in [0.25, 0.3) is 5.69 Å². The van der Waals surface area contributed by atoms with Crippen molar-refractivity contribution in [3.8, 4) is 17.2 Å². The van der Waals surface area contributed by atoms with E-state index < -0.39 is 0 Å². The number of halogens is 1. The minimum Gasteiger partial charge on any atom is -0.495 e. The average molecular weight is 362 g/mol. The van der Waals surface area contributed by atoms with Crippen LogP contribution in [-0.4, -0.2) is 34.2 Å². The van der Waals surface area contributed by atoms with Crippen molar-refractivity contribution < 1.29 is 9.47 Å². The molecule has 0 fully saturated rings. The molecule has 1 heterocycles. The number of aromatic nitrogens is 3. The molecule has 0 saturated heterocycles. The molecule has 0 amide bonds. The third-order valence-corrected chi connectivity index (χ3v) is 4.49. The minimum absolute atomic E-state index is 0.521. The molecule has 5 nitrogen and oxygen atoms in total. The van der Waals surface area contributed by atoms with Crippen LogP contribution in [-0.2, 0) is 0 Å². The molecule has 0 aliphatic heterocycles. The Balaban J connectivity index is 1.63. The second-order valence-electron chi connectivity index (χ2n) is 4.78. The molecule has 1 aromatic heterocycles. The lowest BCUT2D eigenvalue weighted by molar-refractivity contribution is 0.344. The molecule has 0 unspecified atom stereocenters. The number of hydrogen-bond donors (Lipinski definition) is 0. The molecule has 0 spiro atoms. The van der Waals surface area contributed by atoms with Crippen LogP contribution < -0.4 is 9.47 Å². The smallest absolute Gasteiger partial charge is 0.195 e. The van der Waals surface area contributed by atoms with E-state index in [4.69, 9.17) is 21.1 Å². The summed E-state index contributed by atoms with van der Waals surface area (Å²) in [5, 5.41) is 9.56. The number of benzene rings is 2. The molecule has 0 aliphatic carbocycles. The van der Waals surface area contributed by atoms with Crippen molar-refractivity contribution in [2.45, 2.75) is 5.16 Å². The summed E-state index contributed by atoms with van der Waals surface area (Å²) in [5.74, 6) is 2.18. The van der Waals surface area contributed by atoms with Crippen LogP contribution >= 0.6 is 23.4 Å². The maximum absolute atomic E-state index is 6.07. The fraction of sp³-hybridized carbons (Fsp3) is 0.176. The monoisotopic (exact) mass is 361 g/mol. The van der Waals surface area contributed by atoms with E-state index in [-0.39, 0.29) is 0 Å². The zero-order valence-corrected chi connectivity index (χ0v) is 14.6. The van der Waals surface area contributed by atoms with Gasteiger partial charge in [0, 0.05) is 5.75 Å². The SMILES string of the molecule is COc1ccccc1-n1cnnc1SCCOc1ccccc1Cl. The molecule has 24 heavy (non-hydrogen) atoms. The standard InChI is InChI=1S/C17H16ClN3O2S/c1-22-16-9-5-3-7-14(16)21-12-19-20-17(21)24-11-10-23-15-8-4-2-6-13(15)18/h2-9,12H,10-11H2,1H3. The Labute approximate surface area is 149 Å². The van der Waals surface area contributed by atoms with Crippen molar-refractivity contribution in [3.05, 3.63) is 59.9 Å². The Bertz CT molecular complexity index is 810. The maximum Gasteiger partial charge on any atom is 0.195 e. The van der Waals surface area contributed by atoms with Gasteiger partial charge in [0.15, 0.2) is 5.16 Å². The number of thioether (sulfide) groups is 1. The van der Waals surface area contributed by atoms with E-state index >= 15 is 0 Å². The fourth-order valence-electron chi connectivity index (χ4n) is 2.16. The number of ether oxygens (including phenoxy) is 2. The third-order valence-electron chi connectivity index (χ3n) is 3.27. The van der Waals surface area contributed by atoms with E-state index in [9.17, 15) is 0 Å². The van der Waals surface area contributed by atoms with Gasteiger partial charge >= 0.3 is 0 Å². The molecule has 3 aromatic rings. The summed E-state index contributed by atoms with van der Waals surface area (Å²) in [6, 6.07) is 15.2. The van der Waals surface area contributed by atoms with Gasteiger partial charge in [-0.15, -0.1) is 10.2 Å². The second-order valence-corrected chi connectivity index (χ2v) is 6.25. The highest BCUT2D eigenvalue weighted by molar-refractivity contribution is 7.99. The highest BCUT2D eigenvalue weighted by Crippen LogP contribution is 2.27. The van der Waals surface area contributed by atoms with Crippen molar-refractivity contribution in [3.63, 3.8) is 0 Å². The Morgan fingerprint density at radius 2 is 1.83 bits per heavy atom. The lowest BCUT2D eigenvalue weighted by Gasteiger charge is -2.11. The number of rotatable bonds is 7. The molecule has 2 aromatic carbocycles. The summed E-state index contributed by atoms with van der Waals surface area (Å²) in [7, 11) is 1.65. The molecule has 0 radical (unpaired) electrons. The van der Waals surface area contributed by atoms with Crippen molar-refractivity contribution in [2.75, 3.05) is 19.5 Å². The van der Waals surface area contributed by atoms with Crippen LogP contribution in [0.15, 0.2) is 60.0 Å². The lowest BCUT2D eigenvalue weighted by atomic mass is 10.3. The normalized spacial score (nSPS) is 10.6. The van der Waals surface area contributed by atoms with Crippen molar-refractivity contribution in [1.82, 2.24) is 14.8 Å². The predicted molar refractivity (Wildman–Crippen MR) is 95.6 cm³/mol. The van der Waals surface area contributed by atoms with Gasteiger partial charge < -0.3 is 9.47 Å². The number of methoxy groups -OCH3 is 1. The van der Waals surface area contributed by atoms with Crippen LogP contribution in [0.5, 0.6) is 11.5 Å². The van der Waals surface area contributed by atoms with Gasteiger partial charge in [0.1, 0.15) is 17.8 Å². The second kappa shape index (κ2) is 8.08. The van der Waals surface area contributed by atoms with Gasteiger partial charge in [-0.3, -0.25) is 4.57 Å². The molecular weight excluding hydrogens is 346 g/mol. The molecule has 0 saturated carbocycles. The van der Waals surface area contributed by atoms with Gasteiger partial charge in [-0.1, -0.05) is 47.6 Å². The van der Waals surface area contributed by atoms with Gasteiger partial charge in [0.05, 0.1) is 24.4 Å². The Morgan fingerprint density at radius 1 is 1.08 bits per heavy atom. The highest BCUT2D eigenvalue weighted by Gasteiger charge is 2.11. The van der Waals surface area contributed by atoms with Gasteiger partial charge in [0.25, 0.3) is 0 Å². The van der Waals surface area contributed by atoms with Crippen LogP contribution in [0.4, 0.5) is 0 Å². The predicted octanol–water partition coefficient (Wildman–Crippen LogP) is 4.10. The summed E-state index contributed by atoms with van der Waals surface area (Å²) >= 11 is 7.63. The van der Waals surface area contributed by atoms with E-state index in [1.807, 2.05) is 53.1 Å².